The number of carbonyl (C=O) groups excluding carboxylic acids is 1. The third kappa shape index (κ3) is 3.14. The Labute approximate surface area is 129 Å². The molecule has 0 aromatic heterocycles. The highest BCUT2D eigenvalue weighted by molar-refractivity contribution is 5.98. The number of hydrogen-bond donors (Lipinski definition) is 1. The highest BCUT2D eigenvalue weighted by Crippen LogP contribution is 2.34. The molecule has 22 heavy (non-hydrogen) atoms. The van der Waals surface area contributed by atoms with Gasteiger partial charge in [-0.05, 0) is 48.4 Å². The van der Waals surface area contributed by atoms with Gasteiger partial charge >= 0.3 is 5.97 Å². The number of nitrogen functional groups attached to an aromatic ring is 1. The maximum Gasteiger partial charge on any atom is 0.338 e. The summed E-state index contributed by atoms with van der Waals surface area (Å²) < 4.78 is 15.6. The van der Waals surface area contributed by atoms with E-state index >= 15 is 0 Å². The van der Waals surface area contributed by atoms with E-state index in [0.29, 0.717) is 34.9 Å². The van der Waals surface area contributed by atoms with Crippen LogP contribution in [0.3, 0.4) is 0 Å². The van der Waals surface area contributed by atoms with Crippen LogP contribution in [0.5, 0.6) is 11.5 Å². The molecule has 0 amide bonds. The second-order valence-electron chi connectivity index (χ2n) is 4.60. The number of esters is 1. The van der Waals surface area contributed by atoms with Crippen LogP contribution in [0.4, 0.5) is 5.69 Å². The zero-order valence-electron chi connectivity index (χ0n) is 12.9. The molecule has 116 valence electrons. The number of ether oxygens (including phenoxy) is 3. The predicted octanol–water partition coefficient (Wildman–Crippen LogP) is 3.13. The lowest BCUT2D eigenvalue weighted by atomic mass is 9.98. The van der Waals surface area contributed by atoms with Crippen molar-refractivity contribution < 1.29 is 19.0 Å². The number of rotatable bonds is 5. The van der Waals surface area contributed by atoms with Gasteiger partial charge in [0.2, 0.25) is 0 Å². The molecule has 0 aliphatic rings. The van der Waals surface area contributed by atoms with E-state index in [1.54, 1.807) is 51.5 Å². The first-order chi connectivity index (χ1) is 10.6. The zero-order chi connectivity index (χ0) is 16.1. The minimum absolute atomic E-state index is 0.314. The van der Waals surface area contributed by atoms with Crippen molar-refractivity contribution in [2.24, 2.45) is 0 Å². The molecule has 0 unspecified atom stereocenters. The zero-order valence-corrected chi connectivity index (χ0v) is 12.9. The van der Waals surface area contributed by atoms with Crippen LogP contribution in [-0.2, 0) is 4.74 Å². The van der Waals surface area contributed by atoms with Gasteiger partial charge in [0, 0.05) is 5.69 Å². The Morgan fingerprint density at radius 3 is 2.41 bits per heavy atom. The lowest BCUT2D eigenvalue weighted by Crippen LogP contribution is -2.07. The quantitative estimate of drug-likeness (QED) is 0.678. The minimum Gasteiger partial charge on any atom is -0.493 e. The lowest BCUT2D eigenvalue weighted by molar-refractivity contribution is 0.0527. The van der Waals surface area contributed by atoms with E-state index in [2.05, 4.69) is 0 Å². The molecule has 0 atom stereocenters. The van der Waals surface area contributed by atoms with Crippen LogP contribution < -0.4 is 15.2 Å². The average Bonchev–Trinajstić information content (AvgIpc) is 2.54. The van der Waals surface area contributed by atoms with Crippen LogP contribution in [0.1, 0.15) is 17.3 Å². The highest BCUT2D eigenvalue weighted by atomic mass is 16.5. The fraction of sp³-hybridized carbons (Fsp3) is 0.235. The summed E-state index contributed by atoms with van der Waals surface area (Å²) in [4.78, 5) is 12.1. The average molecular weight is 301 g/mol. The standard InChI is InChI=1S/C17H19NO4/c1-4-22-17(19)13-7-6-12(18)10-14(13)11-5-8-15(20-2)16(9-11)21-3/h5-10H,4,18H2,1-3H3. The van der Waals surface area contributed by atoms with Crippen LogP contribution in [0.15, 0.2) is 36.4 Å². The minimum atomic E-state index is -0.382. The molecule has 0 bridgehead atoms. The number of hydrogen-bond acceptors (Lipinski definition) is 5. The third-order valence-corrected chi connectivity index (χ3v) is 3.23. The number of nitrogens with two attached hydrogens (primary N) is 1. The fourth-order valence-electron chi connectivity index (χ4n) is 2.19. The molecule has 0 radical (unpaired) electrons. The summed E-state index contributed by atoms with van der Waals surface area (Å²) in [6, 6.07) is 10.5. The van der Waals surface area contributed by atoms with E-state index in [1.165, 1.54) is 0 Å². The van der Waals surface area contributed by atoms with Gasteiger partial charge in [0.05, 0.1) is 26.4 Å². The van der Waals surface area contributed by atoms with Crippen molar-refractivity contribution in [3.8, 4) is 22.6 Å². The van der Waals surface area contributed by atoms with Gasteiger partial charge in [0.25, 0.3) is 0 Å². The highest BCUT2D eigenvalue weighted by Gasteiger charge is 2.16. The van der Waals surface area contributed by atoms with Crippen LogP contribution >= 0.6 is 0 Å². The molecule has 0 saturated carbocycles. The summed E-state index contributed by atoms with van der Waals surface area (Å²) in [7, 11) is 3.13. The molecule has 0 heterocycles. The fourth-order valence-corrected chi connectivity index (χ4v) is 2.19. The van der Waals surface area contributed by atoms with Crippen LogP contribution in [0.2, 0.25) is 0 Å². The first-order valence-electron chi connectivity index (χ1n) is 6.89. The molecular formula is C17H19NO4. The van der Waals surface area contributed by atoms with Crippen molar-refractivity contribution >= 4 is 11.7 Å². The van der Waals surface area contributed by atoms with Gasteiger partial charge in [-0.25, -0.2) is 4.79 Å². The number of benzene rings is 2. The normalized spacial score (nSPS) is 10.1. The van der Waals surface area contributed by atoms with Gasteiger partial charge in [-0.3, -0.25) is 0 Å². The van der Waals surface area contributed by atoms with Gasteiger partial charge in [-0.2, -0.15) is 0 Å². The first kappa shape index (κ1) is 15.7. The monoisotopic (exact) mass is 301 g/mol. The van der Waals surface area contributed by atoms with Crippen molar-refractivity contribution in [1.82, 2.24) is 0 Å². The molecule has 2 aromatic carbocycles. The van der Waals surface area contributed by atoms with E-state index < -0.39 is 0 Å². The molecule has 0 aliphatic carbocycles. The Morgan fingerprint density at radius 2 is 1.77 bits per heavy atom. The predicted molar refractivity (Wildman–Crippen MR) is 85.4 cm³/mol. The molecule has 2 rings (SSSR count). The Morgan fingerprint density at radius 1 is 1.05 bits per heavy atom. The summed E-state index contributed by atoms with van der Waals surface area (Å²) in [5.74, 6) is 0.817. The Balaban J connectivity index is 2.56. The Bertz CT molecular complexity index is 682. The molecule has 2 N–H and O–H groups in total. The number of methoxy groups -OCH3 is 2. The summed E-state index contributed by atoms with van der Waals surface area (Å²) in [5.41, 5.74) is 8.38. The van der Waals surface area contributed by atoms with Gasteiger partial charge < -0.3 is 19.9 Å². The molecule has 0 saturated heterocycles. The van der Waals surface area contributed by atoms with E-state index in [-0.39, 0.29) is 5.97 Å². The molecule has 2 aromatic rings. The molecule has 5 nitrogen and oxygen atoms in total. The lowest BCUT2D eigenvalue weighted by Gasteiger charge is -2.13. The molecular weight excluding hydrogens is 282 g/mol. The maximum absolute atomic E-state index is 12.1. The van der Waals surface area contributed by atoms with E-state index in [4.69, 9.17) is 19.9 Å². The maximum atomic E-state index is 12.1. The van der Waals surface area contributed by atoms with Crippen molar-refractivity contribution in [2.45, 2.75) is 6.92 Å². The van der Waals surface area contributed by atoms with Crippen LogP contribution in [-0.4, -0.2) is 26.8 Å². The summed E-state index contributed by atoms with van der Waals surface area (Å²) in [6.07, 6.45) is 0. The summed E-state index contributed by atoms with van der Waals surface area (Å²) in [6.45, 7) is 2.08. The number of carbonyl (C=O) groups is 1. The van der Waals surface area contributed by atoms with E-state index in [0.717, 1.165) is 5.56 Å². The molecule has 0 fully saturated rings. The van der Waals surface area contributed by atoms with Gasteiger partial charge in [0.1, 0.15) is 0 Å². The van der Waals surface area contributed by atoms with Crippen LogP contribution in [0.25, 0.3) is 11.1 Å². The second kappa shape index (κ2) is 6.85. The number of anilines is 1. The van der Waals surface area contributed by atoms with Gasteiger partial charge in [-0.15, -0.1) is 0 Å². The Kier molecular flexibility index (Phi) is 4.88. The van der Waals surface area contributed by atoms with Crippen molar-refractivity contribution in [3.05, 3.63) is 42.0 Å². The molecule has 0 aliphatic heterocycles. The second-order valence-corrected chi connectivity index (χ2v) is 4.60. The van der Waals surface area contributed by atoms with E-state index in [9.17, 15) is 4.79 Å². The molecule has 5 heteroatoms. The molecule has 0 spiro atoms. The smallest absolute Gasteiger partial charge is 0.338 e. The summed E-state index contributed by atoms with van der Waals surface area (Å²) in [5, 5.41) is 0. The van der Waals surface area contributed by atoms with Crippen molar-refractivity contribution in [3.63, 3.8) is 0 Å². The topological polar surface area (TPSA) is 70.8 Å². The summed E-state index contributed by atoms with van der Waals surface area (Å²) >= 11 is 0. The van der Waals surface area contributed by atoms with Crippen molar-refractivity contribution in [2.75, 3.05) is 26.6 Å². The Hall–Kier alpha value is -2.69. The first-order valence-corrected chi connectivity index (χ1v) is 6.89. The largest absolute Gasteiger partial charge is 0.493 e. The SMILES string of the molecule is CCOC(=O)c1ccc(N)cc1-c1ccc(OC)c(OC)c1. The van der Waals surface area contributed by atoms with Gasteiger partial charge in [0.15, 0.2) is 11.5 Å². The van der Waals surface area contributed by atoms with Gasteiger partial charge in [-0.1, -0.05) is 6.07 Å². The van der Waals surface area contributed by atoms with Crippen LogP contribution in [0, 0.1) is 0 Å². The van der Waals surface area contributed by atoms with E-state index in [1.807, 2.05) is 6.07 Å². The third-order valence-electron chi connectivity index (χ3n) is 3.23. The van der Waals surface area contributed by atoms with Crippen molar-refractivity contribution in [1.29, 1.82) is 0 Å².